The molecule has 0 aliphatic carbocycles. The number of rotatable bonds is 4. The largest absolute Gasteiger partial charge is 0.339 e. The van der Waals surface area contributed by atoms with Gasteiger partial charge in [-0.15, -0.1) is 0 Å². The molecule has 1 heterocycles. The number of carbonyl (C=O) groups excluding carboxylic acids is 1. The van der Waals surface area contributed by atoms with Crippen molar-refractivity contribution in [2.45, 2.75) is 52.5 Å². The number of benzene rings is 1. The van der Waals surface area contributed by atoms with Crippen molar-refractivity contribution in [2.24, 2.45) is 11.8 Å². The first-order valence-electron chi connectivity index (χ1n) is 7.90. The Labute approximate surface area is 123 Å². The number of nitrogens with zero attached hydrogens (tertiary/aromatic N) is 1. The van der Waals surface area contributed by atoms with Gasteiger partial charge in [0, 0.05) is 12.6 Å². The molecule has 3 atom stereocenters. The van der Waals surface area contributed by atoms with Crippen molar-refractivity contribution >= 4 is 5.91 Å². The van der Waals surface area contributed by atoms with Crippen LogP contribution in [0.3, 0.4) is 0 Å². The normalized spacial score (nSPS) is 24.1. The highest BCUT2D eigenvalue weighted by molar-refractivity contribution is 5.84. The van der Waals surface area contributed by atoms with E-state index in [9.17, 15) is 4.79 Å². The molecule has 1 aromatic carbocycles. The van der Waals surface area contributed by atoms with Crippen molar-refractivity contribution in [3.63, 3.8) is 0 Å². The first kappa shape index (κ1) is 15.1. The number of hydrogen-bond donors (Lipinski definition) is 0. The molecule has 0 spiro atoms. The highest BCUT2D eigenvalue weighted by Gasteiger charge is 2.36. The molecule has 1 aliphatic heterocycles. The average Bonchev–Trinajstić information content (AvgIpc) is 2.81. The van der Waals surface area contributed by atoms with E-state index in [1.807, 2.05) is 18.2 Å². The summed E-state index contributed by atoms with van der Waals surface area (Å²) in [5.41, 5.74) is 1.15. The van der Waals surface area contributed by atoms with Crippen molar-refractivity contribution in [1.29, 1.82) is 0 Å². The third kappa shape index (κ3) is 3.05. The van der Waals surface area contributed by atoms with Crippen molar-refractivity contribution in [2.75, 3.05) is 6.54 Å². The highest BCUT2D eigenvalue weighted by atomic mass is 16.2. The summed E-state index contributed by atoms with van der Waals surface area (Å²) in [6, 6.07) is 10.7. The first-order valence-corrected chi connectivity index (χ1v) is 7.90. The van der Waals surface area contributed by atoms with E-state index in [1.165, 1.54) is 0 Å². The lowest BCUT2D eigenvalue weighted by atomic mass is 9.87. The zero-order chi connectivity index (χ0) is 14.7. The predicted molar refractivity (Wildman–Crippen MR) is 83.6 cm³/mol. The zero-order valence-electron chi connectivity index (χ0n) is 13.2. The predicted octanol–water partition coefficient (Wildman–Crippen LogP) is 4.07. The van der Waals surface area contributed by atoms with Gasteiger partial charge in [-0.2, -0.15) is 0 Å². The Morgan fingerprint density at radius 2 is 1.95 bits per heavy atom. The molecular formula is C18H27NO. The SMILES string of the molecule is CC[C@@H]1CC(C)CN1C(=O)C(c1ccccc1)C(C)C. The van der Waals surface area contributed by atoms with Gasteiger partial charge in [-0.3, -0.25) is 4.79 Å². The summed E-state index contributed by atoms with van der Waals surface area (Å²) in [6.07, 6.45) is 2.22. The fraction of sp³-hybridized carbons (Fsp3) is 0.611. The standard InChI is InChI=1S/C18H27NO/c1-5-16-11-14(4)12-19(16)18(20)17(13(2)3)15-9-7-6-8-10-15/h6-10,13-14,16-17H,5,11-12H2,1-4H3/t14?,16-,17?/m1/s1. The quantitative estimate of drug-likeness (QED) is 0.809. The van der Waals surface area contributed by atoms with Crippen LogP contribution in [-0.4, -0.2) is 23.4 Å². The molecule has 0 N–H and O–H groups in total. The molecule has 1 fully saturated rings. The number of amides is 1. The molecule has 0 bridgehead atoms. The maximum atomic E-state index is 13.0. The molecule has 1 aromatic rings. The summed E-state index contributed by atoms with van der Waals surface area (Å²) < 4.78 is 0. The monoisotopic (exact) mass is 273 g/mol. The van der Waals surface area contributed by atoms with E-state index in [0.717, 1.165) is 24.9 Å². The van der Waals surface area contributed by atoms with Crippen LogP contribution in [0.2, 0.25) is 0 Å². The Hall–Kier alpha value is -1.31. The Balaban J connectivity index is 2.24. The topological polar surface area (TPSA) is 20.3 Å². The van der Waals surface area contributed by atoms with E-state index in [-0.39, 0.29) is 5.92 Å². The lowest BCUT2D eigenvalue weighted by Crippen LogP contribution is -2.40. The Morgan fingerprint density at radius 3 is 2.50 bits per heavy atom. The van der Waals surface area contributed by atoms with Gasteiger partial charge >= 0.3 is 0 Å². The van der Waals surface area contributed by atoms with E-state index < -0.39 is 0 Å². The number of hydrogen-bond acceptors (Lipinski definition) is 1. The van der Waals surface area contributed by atoms with Crippen LogP contribution in [0.15, 0.2) is 30.3 Å². The van der Waals surface area contributed by atoms with Crippen LogP contribution in [0.25, 0.3) is 0 Å². The van der Waals surface area contributed by atoms with Crippen LogP contribution in [-0.2, 0) is 4.79 Å². The van der Waals surface area contributed by atoms with Crippen molar-refractivity contribution in [1.82, 2.24) is 4.90 Å². The van der Waals surface area contributed by atoms with Crippen LogP contribution in [0.1, 0.15) is 52.0 Å². The molecule has 1 amide bonds. The minimum absolute atomic E-state index is 0.00412. The Bertz CT molecular complexity index is 440. The van der Waals surface area contributed by atoms with Gasteiger partial charge in [0.25, 0.3) is 0 Å². The maximum absolute atomic E-state index is 13.0. The van der Waals surface area contributed by atoms with Gasteiger partial charge in [0.1, 0.15) is 0 Å². The van der Waals surface area contributed by atoms with Gasteiger partial charge < -0.3 is 4.90 Å². The minimum Gasteiger partial charge on any atom is -0.339 e. The summed E-state index contributed by atoms with van der Waals surface area (Å²) in [6.45, 7) is 9.66. The lowest BCUT2D eigenvalue weighted by Gasteiger charge is -2.30. The first-order chi connectivity index (χ1) is 9.54. The Morgan fingerprint density at radius 1 is 1.30 bits per heavy atom. The molecule has 2 nitrogen and oxygen atoms in total. The smallest absolute Gasteiger partial charge is 0.230 e. The number of likely N-dealkylation sites (tertiary alicyclic amines) is 1. The third-order valence-electron chi connectivity index (χ3n) is 4.47. The summed E-state index contributed by atoms with van der Waals surface area (Å²) in [7, 11) is 0. The summed E-state index contributed by atoms with van der Waals surface area (Å²) >= 11 is 0. The van der Waals surface area contributed by atoms with Crippen LogP contribution in [0.4, 0.5) is 0 Å². The minimum atomic E-state index is -0.00412. The van der Waals surface area contributed by atoms with E-state index in [1.54, 1.807) is 0 Å². The summed E-state index contributed by atoms with van der Waals surface area (Å²) in [4.78, 5) is 15.2. The van der Waals surface area contributed by atoms with E-state index in [4.69, 9.17) is 0 Å². The van der Waals surface area contributed by atoms with Crippen LogP contribution in [0, 0.1) is 11.8 Å². The van der Waals surface area contributed by atoms with Gasteiger partial charge in [0.15, 0.2) is 0 Å². The van der Waals surface area contributed by atoms with Gasteiger partial charge in [0.2, 0.25) is 5.91 Å². The molecule has 0 saturated carbocycles. The molecule has 0 radical (unpaired) electrons. The van der Waals surface area contributed by atoms with Crippen molar-refractivity contribution in [3.8, 4) is 0 Å². The summed E-state index contributed by atoms with van der Waals surface area (Å²) in [5, 5.41) is 0. The van der Waals surface area contributed by atoms with E-state index >= 15 is 0 Å². The molecule has 20 heavy (non-hydrogen) atoms. The maximum Gasteiger partial charge on any atom is 0.230 e. The second-order valence-corrected chi connectivity index (χ2v) is 6.53. The molecule has 1 aliphatic rings. The zero-order valence-corrected chi connectivity index (χ0v) is 13.2. The summed E-state index contributed by atoms with van der Waals surface area (Å²) in [5.74, 6) is 1.28. The third-order valence-corrected chi connectivity index (χ3v) is 4.47. The second kappa shape index (κ2) is 6.43. The van der Waals surface area contributed by atoms with Crippen molar-refractivity contribution in [3.05, 3.63) is 35.9 Å². The van der Waals surface area contributed by atoms with Gasteiger partial charge in [-0.1, -0.05) is 58.0 Å². The van der Waals surface area contributed by atoms with Gasteiger partial charge in [-0.25, -0.2) is 0 Å². The van der Waals surface area contributed by atoms with E-state index in [0.29, 0.717) is 23.8 Å². The number of carbonyl (C=O) groups is 1. The lowest BCUT2D eigenvalue weighted by molar-refractivity contribution is -0.134. The molecule has 2 heteroatoms. The van der Waals surface area contributed by atoms with E-state index in [2.05, 4.69) is 44.7 Å². The Kier molecular flexibility index (Phi) is 4.85. The average molecular weight is 273 g/mol. The molecule has 1 saturated heterocycles. The van der Waals surface area contributed by atoms with Gasteiger partial charge in [-0.05, 0) is 30.2 Å². The van der Waals surface area contributed by atoms with Crippen LogP contribution >= 0.6 is 0 Å². The molecule has 2 rings (SSSR count). The molecule has 110 valence electrons. The fourth-order valence-electron chi connectivity index (χ4n) is 3.46. The van der Waals surface area contributed by atoms with Gasteiger partial charge in [0.05, 0.1) is 5.92 Å². The van der Waals surface area contributed by atoms with Crippen LogP contribution < -0.4 is 0 Å². The molecular weight excluding hydrogens is 246 g/mol. The second-order valence-electron chi connectivity index (χ2n) is 6.53. The van der Waals surface area contributed by atoms with Crippen LogP contribution in [0.5, 0.6) is 0 Å². The molecule has 0 aromatic heterocycles. The fourth-order valence-corrected chi connectivity index (χ4v) is 3.46. The van der Waals surface area contributed by atoms with Crippen molar-refractivity contribution < 1.29 is 4.79 Å². The highest BCUT2D eigenvalue weighted by Crippen LogP contribution is 2.32. The molecule has 2 unspecified atom stereocenters.